The number of carbonyl (C=O) groups excluding carboxylic acids is 1. The fraction of sp³-hybridized carbons (Fsp3) is 0.214. The molecule has 0 spiro atoms. The molecule has 0 bridgehead atoms. The van der Waals surface area contributed by atoms with Crippen molar-refractivity contribution in [2.45, 2.75) is 6.92 Å². The number of anilines is 1. The summed E-state index contributed by atoms with van der Waals surface area (Å²) >= 11 is 0. The van der Waals surface area contributed by atoms with Crippen molar-refractivity contribution in [2.24, 2.45) is 0 Å². The number of aliphatic carboxylic acids is 1. The van der Waals surface area contributed by atoms with E-state index < -0.39 is 18.4 Å². The number of nitrogens with one attached hydrogen (secondary N) is 2. The molecule has 0 saturated heterocycles. The van der Waals surface area contributed by atoms with Crippen LogP contribution in [0.15, 0.2) is 30.0 Å². The number of carbonyl (C=O) groups is 2. The van der Waals surface area contributed by atoms with Crippen LogP contribution in [0.5, 0.6) is 5.75 Å². The maximum Gasteiger partial charge on any atom is 0.322 e. The van der Waals surface area contributed by atoms with Crippen molar-refractivity contribution in [3.05, 3.63) is 35.5 Å². The van der Waals surface area contributed by atoms with E-state index in [1.54, 1.807) is 18.2 Å². The van der Waals surface area contributed by atoms with E-state index in [4.69, 9.17) is 15.1 Å². The standard InChI is InChI=1S/C14H15N3O4/c1-9-3-4-12(21-2)11(5-9)16-7-10(6-15)14(20)17-8-13(18)19/h3-5,7,16H,8H2,1-2H3,(H,17,20)(H,18,19)/b10-7-. The van der Waals surface area contributed by atoms with Gasteiger partial charge in [-0.1, -0.05) is 6.07 Å². The molecule has 0 aliphatic heterocycles. The minimum atomic E-state index is -1.19. The molecule has 0 aliphatic carbocycles. The quantitative estimate of drug-likeness (QED) is 0.532. The summed E-state index contributed by atoms with van der Waals surface area (Å²) in [5.74, 6) is -1.40. The molecule has 0 unspecified atom stereocenters. The molecule has 1 rings (SSSR count). The molecule has 0 heterocycles. The molecule has 0 atom stereocenters. The van der Waals surface area contributed by atoms with Gasteiger partial charge in [-0.15, -0.1) is 0 Å². The number of nitriles is 1. The molecule has 1 amide bonds. The predicted molar refractivity (Wildman–Crippen MR) is 75.7 cm³/mol. The van der Waals surface area contributed by atoms with Gasteiger partial charge in [-0.2, -0.15) is 5.26 Å². The lowest BCUT2D eigenvalue weighted by Crippen LogP contribution is -2.30. The Balaban J connectivity index is 2.86. The molecule has 0 aliphatic rings. The molecule has 21 heavy (non-hydrogen) atoms. The van der Waals surface area contributed by atoms with Crippen molar-refractivity contribution >= 4 is 17.6 Å². The van der Waals surface area contributed by atoms with Crippen molar-refractivity contribution in [1.29, 1.82) is 5.26 Å². The average Bonchev–Trinajstić information content (AvgIpc) is 2.45. The van der Waals surface area contributed by atoms with Crippen molar-refractivity contribution in [1.82, 2.24) is 5.32 Å². The zero-order chi connectivity index (χ0) is 15.8. The van der Waals surface area contributed by atoms with Gasteiger partial charge in [-0.05, 0) is 24.6 Å². The summed E-state index contributed by atoms with van der Waals surface area (Å²) in [5, 5.41) is 22.3. The first-order valence-electron chi connectivity index (χ1n) is 5.99. The maximum atomic E-state index is 11.6. The number of ether oxygens (including phenoxy) is 1. The van der Waals surface area contributed by atoms with Gasteiger partial charge < -0.3 is 20.5 Å². The highest BCUT2D eigenvalue weighted by molar-refractivity contribution is 5.98. The van der Waals surface area contributed by atoms with E-state index in [1.807, 2.05) is 13.0 Å². The van der Waals surface area contributed by atoms with Gasteiger partial charge in [0.2, 0.25) is 0 Å². The van der Waals surface area contributed by atoms with Crippen LogP contribution in [-0.2, 0) is 9.59 Å². The van der Waals surface area contributed by atoms with E-state index >= 15 is 0 Å². The minimum absolute atomic E-state index is 0.236. The van der Waals surface area contributed by atoms with Gasteiger partial charge in [-0.25, -0.2) is 0 Å². The number of methoxy groups -OCH3 is 1. The Labute approximate surface area is 121 Å². The van der Waals surface area contributed by atoms with Gasteiger partial charge in [0.15, 0.2) is 0 Å². The monoisotopic (exact) mass is 289 g/mol. The number of amides is 1. The molecule has 0 fully saturated rings. The Bertz CT molecular complexity index is 617. The van der Waals surface area contributed by atoms with E-state index in [0.29, 0.717) is 11.4 Å². The van der Waals surface area contributed by atoms with E-state index in [9.17, 15) is 9.59 Å². The van der Waals surface area contributed by atoms with Crippen LogP contribution in [0.1, 0.15) is 5.56 Å². The van der Waals surface area contributed by atoms with Crippen LogP contribution in [0.25, 0.3) is 0 Å². The lowest BCUT2D eigenvalue weighted by molar-refractivity contribution is -0.137. The van der Waals surface area contributed by atoms with Gasteiger partial charge >= 0.3 is 5.97 Å². The lowest BCUT2D eigenvalue weighted by atomic mass is 10.2. The van der Waals surface area contributed by atoms with Crippen molar-refractivity contribution in [2.75, 3.05) is 19.0 Å². The normalized spacial score (nSPS) is 10.4. The third-order valence-corrected chi connectivity index (χ3v) is 2.49. The number of hydrogen-bond acceptors (Lipinski definition) is 5. The summed E-state index contributed by atoms with van der Waals surface area (Å²) in [7, 11) is 1.50. The topological polar surface area (TPSA) is 111 Å². The number of carboxylic acid groups (broad SMARTS) is 1. The molecule has 0 aromatic heterocycles. The van der Waals surface area contributed by atoms with E-state index in [1.165, 1.54) is 13.3 Å². The second-order valence-corrected chi connectivity index (χ2v) is 4.09. The first-order valence-corrected chi connectivity index (χ1v) is 5.99. The second kappa shape index (κ2) is 7.55. The number of aryl methyl sites for hydroxylation is 1. The average molecular weight is 289 g/mol. The summed E-state index contributed by atoms with van der Waals surface area (Å²) in [6.07, 6.45) is 1.20. The largest absolute Gasteiger partial charge is 0.495 e. The molecule has 0 saturated carbocycles. The van der Waals surface area contributed by atoms with Crippen LogP contribution in [-0.4, -0.2) is 30.6 Å². The summed E-state index contributed by atoms with van der Waals surface area (Å²) in [5.41, 5.74) is 1.33. The molecule has 7 nitrogen and oxygen atoms in total. The minimum Gasteiger partial charge on any atom is -0.495 e. The summed E-state index contributed by atoms with van der Waals surface area (Å²) in [6, 6.07) is 7.10. The zero-order valence-electron chi connectivity index (χ0n) is 11.6. The number of nitrogens with zero attached hydrogens (tertiary/aromatic N) is 1. The first-order chi connectivity index (χ1) is 9.97. The fourth-order valence-corrected chi connectivity index (χ4v) is 1.48. The summed E-state index contributed by atoms with van der Waals surface area (Å²) in [6.45, 7) is 1.34. The second-order valence-electron chi connectivity index (χ2n) is 4.09. The molecule has 7 heteroatoms. The van der Waals surface area contributed by atoms with Crippen molar-refractivity contribution < 1.29 is 19.4 Å². The molecular weight excluding hydrogens is 274 g/mol. The summed E-state index contributed by atoms with van der Waals surface area (Å²) in [4.78, 5) is 22.0. The molecule has 110 valence electrons. The van der Waals surface area contributed by atoms with Gasteiger partial charge in [0.1, 0.15) is 23.9 Å². The predicted octanol–water partition coefficient (Wildman–Crippen LogP) is 1.02. The molecular formula is C14H15N3O4. The Morgan fingerprint density at radius 1 is 1.48 bits per heavy atom. The number of carboxylic acids is 1. The number of rotatable bonds is 6. The third-order valence-electron chi connectivity index (χ3n) is 2.49. The molecule has 0 radical (unpaired) electrons. The Morgan fingerprint density at radius 2 is 2.19 bits per heavy atom. The van der Waals surface area contributed by atoms with Gasteiger partial charge in [0.05, 0.1) is 12.8 Å². The fourth-order valence-electron chi connectivity index (χ4n) is 1.48. The third kappa shape index (κ3) is 4.87. The Morgan fingerprint density at radius 3 is 2.76 bits per heavy atom. The first kappa shape index (κ1) is 16.0. The molecule has 1 aromatic rings. The number of benzene rings is 1. The van der Waals surface area contributed by atoms with Crippen LogP contribution >= 0.6 is 0 Å². The zero-order valence-corrected chi connectivity index (χ0v) is 11.6. The van der Waals surface area contributed by atoms with Crippen molar-refractivity contribution in [3.8, 4) is 11.8 Å². The number of hydrogen-bond donors (Lipinski definition) is 3. The van der Waals surface area contributed by atoms with Gasteiger partial charge in [0.25, 0.3) is 5.91 Å². The smallest absolute Gasteiger partial charge is 0.322 e. The van der Waals surface area contributed by atoms with Gasteiger partial charge in [0, 0.05) is 6.20 Å². The van der Waals surface area contributed by atoms with E-state index in [-0.39, 0.29) is 5.57 Å². The highest BCUT2D eigenvalue weighted by Gasteiger charge is 2.10. The van der Waals surface area contributed by atoms with Crippen LogP contribution in [0.2, 0.25) is 0 Å². The maximum absolute atomic E-state index is 11.6. The molecule has 3 N–H and O–H groups in total. The summed E-state index contributed by atoms with van der Waals surface area (Å²) < 4.78 is 5.15. The Hall–Kier alpha value is -3.01. The van der Waals surface area contributed by atoms with E-state index in [2.05, 4.69) is 10.6 Å². The van der Waals surface area contributed by atoms with Crippen LogP contribution in [0.3, 0.4) is 0 Å². The highest BCUT2D eigenvalue weighted by atomic mass is 16.5. The lowest BCUT2D eigenvalue weighted by Gasteiger charge is -2.09. The highest BCUT2D eigenvalue weighted by Crippen LogP contribution is 2.25. The van der Waals surface area contributed by atoms with Crippen molar-refractivity contribution in [3.63, 3.8) is 0 Å². The van der Waals surface area contributed by atoms with E-state index in [0.717, 1.165) is 5.56 Å². The van der Waals surface area contributed by atoms with Gasteiger partial charge in [-0.3, -0.25) is 9.59 Å². The van der Waals surface area contributed by atoms with Crippen LogP contribution < -0.4 is 15.4 Å². The SMILES string of the molecule is COc1ccc(C)cc1N/C=C(/C#N)C(=O)NCC(=O)O. The van der Waals surface area contributed by atoms with Crippen LogP contribution in [0, 0.1) is 18.3 Å². The Kier molecular flexibility index (Phi) is 5.77. The van der Waals surface area contributed by atoms with Crippen LogP contribution in [0.4, 0.5) is 5.69 Å². The molecule has 1 aromatic carbocycles.